The van der Waals surface area contributed by atoms with E-state index in [1.165, 1.54) is 25.9 Å². The largest absolute Gasteiger partial charge is 0.390 e. The van der Waals surface area contributed by atoms with Gasteiger partial charge < -0.3 is 24.4 Å². The van der Waals surface area contributed by atoms with Crippen LogP contribution in [0.5, 0.6) is 0 Å². The molecule has 0 spiro atoms. The lowest BCUT2D eigenvalue weighted by molar-refractivity contribution is -0.171. The maximum atomic E-state index is 12.6. The van der Waals surface area contributed by atoms with E-state index in [9.17, 15) is 9.90 Å². The molecular formula is C18H32N2O4. The van der Waals surface area contributed by atoms with Crippen molar-refractivity contribution in [2.24, 2.45) is 5.92 Å². The number of nitrogens with zero attached hydrogens (tertiary/aromatic N) is 2. The van der Waals surface area contributed by atoms with Crippen molar-refractivity contribution < 1.29 is 19.4 Å². The van der Waals surface area contributed by atoms with Crippen molar-refractivity contribution in [3.63, 3.8) is 0 Å². The highest BCUT2D eigenvalue weighted by atomic mass is 16.5. The number of carbonyl (C=O) groups excluding carboxylic acids is 1. The normalized spacial score (nSPS) is 33.6. The van der Waals surface area contributed by atoms with Crippen molar-refractivity contribution >= 4 is 5.91 Å². The van der Waals surface area contributed by atoms with Gasteiger partial charge in [0.25, 0.3) is 5.91 Å². The van der Waals surface area contributed by atoms with Crippen molar-refractivity contribution in [3.05, 3.63) is 0 Å². The molecule has 3 atom stereocenters. The zero-order valence-electron chi connectivity index (χ0n) is 14.9. The van der Waals surface area contributed by atoms with Crippen LogP contribution in [0.2, 0.25) is 0 Å². The number of ether oxygens (including phenoxy) is 2. The Balaban J connectivity index is 1.46. The molecule has 3 aliphatic heterocycles. The van der Waals surface area contributed by atoms with Crippen LogP contribution in [0.25, 0.3) is 0 Å². The Morgan fingerprint density at radius 1 is 1.08 bits per heavy atom. The highest BCUT2D eigenvalue weighted by Crippen LogP contribution is 2.25. The Bertz CT molecular complexity index is 406. The van der Waals surface area contributed by atoms with Gasteiger partial charge in [-0.25, -0.2) is 0 Å². The molecule has 3 heterocycles. The fraction of sp³-hybridized carbons (Fsp3) is 0.944. The summed E-state index contributed by atoms with van der Waals surface area (Å²) in [6.45, 7) is 8.05. The molecule has 1 N–H and O–H groups in total. The van der Waals surface area contributed by atoms with E-state index >= 15 is 0 Å². The molecule has 24 heavy (non-hydrogen) atoms. The predicted molar refractivity (Wildman–Crippen MR) is 90.8 cm³/mol. The van der Waals surface area contributed by atoms with Crippen LogP contribution in [0.4, 0.5) is 0 Å². The number of carbonyl (C=O) groups is 1. The van der Waals surface area contributed by atoms with Gasteiger partial charge in [-0.15, -0.1) is 0 Å². The van der Waals surface area contributed by atoms with Crippen LogP contribution < -0.4 is 0 Å². The smallest absolute Gasteiger partial charge is 0.254 e. The monoisotopic (exact) mass is 340 g/mol. The van der Waals surface area contributed by atoms with Gasteiger partial charge in [-0.3, -0.25) is 4.79 Å². The number of hydrogen-bond donors (Lipinski definition) is 1. The lowest BCUT2D eigenvalue weighted by Gasteiger charge is -2.38. The Hall–Kier alpha value is -0.690. The molecule has 0 saturated carbocycles. The average Bonchev–Trinajstić information content (AvgIpc) is 2.62. The second-order valence-electron chi connectivity index (χ2n) is 7.57. The van der Waals surface area contributed by atoms with Crippen LogP contribution in [0, 0.1) is 5.92 Å². The van der Waals surface area contributed by atoms with Gasteiger partial charge in [0.15, 0.2) is 6.10 Å². The molecule has 0 aromatic rings. The summed E-state index contributed by atoms with van der Waals surface area (Å²) in [4.78, 5) is 16.9. The van der Waals surface area contributed by atoms with E-state index in [0.29, 0.717) is 32.7 Å². The zero-order chi connectivity index (χ0) is 16.9. The Morgan fingerprint density at radius 2 is 1.79 bits per heavy atom. The lowest BCUT2D eigenvalue weighted by Crippen LogP contribution is -2.53. The Labute approximate surface area is 145 Å². The van der Waals surface area contributed by atoms with Crippen molar-refractivity contribution in [1.82, 2.24) is 9.80 Å². The highest BCUT2D eigenvalue weighted by molar-refractivity contribution is 5.81. The number of morpholine rings is 1. The molecule has 0 bridgehead atoms. The number of likely N-dealkylation sites (tertiary alicyclic amines) is 1. The summed E-state index contributed by atoms with van der Waals surface area (Å²) in [5.74, 6) is 0.778. The second-order valence-corrected chi connectivity index (χ2v) is 7.57. The van der Waals surface area contributed by atoms with Gasteiger partial charge in [-0.1, -0.05) is 6.92 Å². The first kappa shape index (κ1) is 18.1. The molecule has 0 aromatic carbocycles. The molecule has 0 radical (unpaired) electrons. The first-order valence-electron chi connectivity index (χ1n) is 9.56. The maximum absolute atomic E-state index is 12.6. The molecule has 3 aliphatic rings. The Morgan fingerprint density at radius 3 is 2.50 bits per heavy atom. The molecule has 0 aliphatic carbocycles. The molecule has 138 valence electrons. The van der Waals surface area contributed by atoms with Crippen LogP contribution in [0.3, 0.4) is 0 Å². The third-order valence-electron chi connectivity index (χ3n) is 5.68. The molecule has 0 aromatic heterocycles. The maximum Gasteiger partial charge on any atom is 0.254 e. The summed E-state index contributed by atoms with van der Waals surface area (Å²) >= 11 is 0. The summed E-state index contributed by atoms with van der Waals surface area (Å²) in [6, 6.07) is 0. The molecule has 1 amide bonds. The predicted octanol–water partition coefficient (Wildman–Crippen LogP) is 0.876. The first-order valence-corrected chi connectivity index (χ1v) is 9.56. The van der Waals surface area contributed by atoms with Gasteiger partial charge in [-0.05, 0) is 51.1 Å². The number of amides is 1. The summed E-state index contributed by atoms with van der Waals surface area (Å²) in [5, 5.41) is 10.2. The van der Waals surface area contributed by atoms with E-state index in [1.54, 1.807) is 4.90 Å². The number of piperidine rings is 1. The van der Waals surface area contributed by atoms with Crippen molar-refractivity contribution in [3.8, 4) is 0 Å². The first-order chi connectivity index (χ1) is 11.6. The van der Waals surface area contributed by atoms with E-state index in [-0.39, 0.29) is 12.0 Å². The summed E-state index contributed by atoms with van der Waals surface area (Å²) in [5.41, 5.74) is 0. The second kappa shape index (κ2) is 8.61. The molecule has 3 rings (SSSR count). The quantitative estimate of drug-likeness (QED) is 0.823. The molecular weight excluding hydrogens is 308 g/mol. The minimum absolute atomic E-state index is 0.0673. The lowest BCUT2D eigenvalue weighted by atomic mass is 9.96. The van der Waals surface area contributed by atoms with E-state index in [4.69, 9.17) is 9.47 Å². The number of hydrogen-bond acceptors (Lipinski definition) is 5. The van der Waals surface area contributed by atoms with Crippen LogP contribution in [0.15, 0.2) is 0 Å². The summed E-state index contributed by atoms with van der Waals surface area (Å²) < 4.78 is 11.3. The third-order valence-corrected chi connectivity index (χ3v) is 5.68. The molecule has 3 fully saturated rings. The summed E-state index contributed by atoms with van der Waals surface area (Å²) in [6.07, 6.45) is 3.73. The van der Waals surface area contributed by atoms with Crippen molar-refractivity contribution in [1.29, 1.82) is 0 Å². The van der Waals surface area contributed by atoms with E-state index in [1.807, 2.05) is 0 Å². The molecule has 3 unspecified atom stereocenters. The van der Waals surface area contributed by atoms with Gasteiger partial charge in [0.1, 0.15) is 0 Å². The minimum Gasteiger partial charge on any atom is -0.390 e. The third kappa shape index (κ3) is 4.69. The van der Waals surface area contributed by atoms with Crippen LogP contribution in [0.1, 0.15) is 39.0 Å². The number of aliphatic hydroxyl groups is 1. The van der Waals surface area contributed by atoms with Crippen molar-refractivity contribution in [2.45, 2.75) is 57.3 Å². The van der Waals surface area contributed by atoms with Crippen molar-refractivity contribution in [2.75, 3.05) is 45.9 Å². The SMILES string of the molecule is CC1CCN(CCC2CCC(O)C(C(=O)N3CCOCC3)O2)CC1. The van der Waals surface area contributed by atoms with E-state index in [0.717, 1.165) is 25.3 Å². The van der Waals surface area contributed by atoms with Gasteiger partial charge in [-0.2, -0.15) is 0 Å². The van der Waals surface area contributed by atoms with Gasteiger partial charge in [0, 0.05) is 19.6 Å². The zero-order valence-corrected chi connectivity index (χ0v) is 14.9. The molecule has 6 heteroatoms. The summed E-state index contributed by atoms with van der Waals surface area (Å²) in [7, 11) is 0. The number of rotatable bonds is 4. The van der Waals surface area contributed by atoms with E-state index < -0.39 is 12.2 Å². The topological polar surface area (TPSA) is 62.2 Å². The van der Waals surface area contributed by atoms with Crippen LogP contribution in [-0.2, 0) is 14.3 Å². The average molecular weight is 340 g/mol. The number of aliphatic hydroxyl groups excluding tert-OH is 1. The molecule has 6 nitrogen and oxygen atoms in total. The van der Waals surface area contributed by atoms with Crippen LogP contribution in [-0.4, -0.2) is 85.1 Å². The standard InChI is InChI=1S/C18H32N2O4/c1-14-4-7-19(8-5-14)9-6-15-2-3-16(21)17(24-15)18(22)20-10-12-23-13-11-20/h14-17,21H,2-13H2,1H3. The fourth-order valence-electron chi connectivity index (χ4n) is 3.89. The highest BCUT2D eigenvalue weighted by Gasteiger charge is 2.37. The molecule has 3 saturated heterocycles. The Kier molecular flexibility index (Phi) is 6.49. The van der Waals surface area contributed by atoms with Gasteiger partial charge in [0.2, 0.25) is 0 Å². The van der Waals surface area contributed by atoms with Gasteiger partial charge in [0.05, 0.1) is 25.4 Å². The minimum atomic E-state index is -0.691. The van der Waals surface area contributed by atoms with E-state index in [2.05, 4.69) is 11.8 Å². The van der Waals surface area contributed by atoms with Gasteiger partial charge >= 0.3 is 0 Å². The van der Waals surface area contributed by atoms with Crippen LogP contribution >= 0.6 is 0 Å². The fourth-order valence-corrected chi connectivity index (χ4v) is 3.89.